The van der Waals surface area contributed by atoms with Crippen molar-refractivity contribution in [2.24, 2.45) is 0 Å². The van der Waals surface area contributed by atoms with E-state index in [9.17, 15) is 4.79 Å². The number of para-hydroxylation sites is 2. The number of carbonyl (C=O) groups excluding carboxylic acids is 1. The molecule has 0 saturated heterocycles. The fourth-order valence-electron chi connectivity index (χ4n) is 3.06. The van der Waals surface area contributed by atoms with E-state index in [1.54, 1.807) is 0 Å². The molecular formula is C19H19N5O2. The van der Waals surface area contributed by atoms with Gasteiger partial charge in [-0.25, -0.2) is 0 Å². The molecule has 0 unspecified atom stereocenters. The summed E-state index contributed by atoms with van der Waals surface area (Å²) in [6.07, 6.45) is 1.96. The first-order valence-corrected chi connectivity index (χ1v) is 8.62. The Kier molecular flexibility index (Phi) is 4.59. The summed E-state index contributed by atoms with van der Waals surface area (Å²) >= 11 is 0. The van der Waals surface area contributed by atoms with Gasteiger partial charge >= 0.3 is 0 Å². The number of benzene rings is 2. The number of fused-ring (bicyclic) bond motifs is 1. The molecule has 2 heterocycles. The Bertz CT molecular complexity index is 894. The van der Waals surface area contributed by atoms with Gasteiger partial charge in [0, 0.05) is 12.2 Å². The molecule has 26 heavy (non-hydrogen) atoms. The Morgan fingerprint density at radius 1 is 1.08 bits per heavy atom. The lowest BCUT2D eigenvalue weighted by atomic mass is 10.0. The minimum atomic E-state index is -0.0370. The molecule has 0 radical (unpaired) electrons. The molecule has 132 valence electrons. The summed E-state index contributed by atoms with van der Waals surface area (Å²) in [7, 11) is 0. The van der Waals surface area contributed by atoms with E-state index in [0.717, 1.165) is 24.3 Å². The fourth-order valence-corrected chi connectivity index (χ4v) is 3.06. The molecule has 3 aromatic rings. The summed E-state index contributed by atoms with van der Waals surface area (Å²) in [5.41, 5.74) is 2.19. The smallest absolute Gasteiger partial charge is 0.250 e. The standard InChI is InChI=1S/C19H19N5O2/c25-19(23-12-6-8-15-7-4-5-11-17(15)23)13-24-21-18(20-22-24)14-26-16-9-2-1-3-10-16/h1-5,7,9-11H,6,8,12-14H2. The van der Waals surface area contributed by atoms with Crippen molar-refractivity contribution in [1.82, 2.24) is 20.2 Å². The number of tetrazole rings is 1. The summed E-state index contributed by atoms with van der Waals surface area (Å²) in [6.45, 7) is 0.992. The van der Waals surface area contributed by atoms with E-state index in [4.69, 9.17) is 4.74 Å². The number of aromatic nitrogens is 4. The SMILES string of the molecule is O=C(Cn1nnc(COc2ccccc2)n1)N1CCCc2ccccc21. The molecule has 0 fully saturated rings. The number of nitrogens with zero attached hydrogens (tertiary/aromatic N) is 5. The van der Waals surface area contributed by atoms with Crippen LogP contribution in [0.4, 0.5) is 5.69 Å². The van der Waals surface area contributed by atoms with Crippen LogP contribution in [0, 0.1) is 0 Å². The van der Waals surface area contributed by atoms with Crippen LogP contribution < -0.4 is 9.64 Å². The molecule has 0 atom stereocenters. The largest absolute Gasteiger partial charge is 0.485 e. The van der Waals surface area contributed by atoms with Crippen molar-refractivity contribution < 1.29 is 9.53 Å². The topological polar surface area (TPSA) is 73.1 Å². The van der Waals surface area contributed by atoms with E-state index in [1.165, 1.54) is 10.4 Å². The summed E-state index contributed by atoms with van der Waals surface area (Å²) < 4.78 is 5.60. The number of hydrogen-bond acceptors (Lipinski definition) is 5. The summed E-state index contributed by atoms with van der Waals surface area (Å²) in [6, 6.07) is 17.5. The van der Waals surface area contributed by atoms with Gasteiger partial charge in [-0.15, -0.1) is 10.2 Å². The average Bonchev–Trinajstić information content (AvgIpc) is 3.14. The van der Waals surface area contributed by atoms with Crippen LogP contribution >= 0.6 is 0 Å². The van der Waals surface area contributed by atoms with Crippen molar-refractivity contribution in [1.29, 1.82) is 0 Å². The zero-order valence-corrected chi connectivity index (χ0v) is 14.3. The highest BCUT2D eigenvalue weighted by Crippen LogP contribution is 2.26. The molecule has 0 N–H and O–H groups in total. The molecule has 0 saturated carbocycles. The maximum absolute atomic E-state index is 12.7. The van der Waals surface area contributed by atoms with Gasteiger partial charge in [0.05, 0.1) is 0 Å². The van der Waals surface area contributed by atoms with Gasteiger partial charge in [0.1, 0.15) is 12.3 Å². The van der Waals surface area contributed by atoms with E-state index in [2.05, 4.69) is 21.5 Å². The quantitative estimate of drug-likeness (QED) is 0.706. The van der Waals surface area contributed by atoms with Gasteiger partial charge in [0.2, 0.25) is 5.82 Å². The van der Waals surface area contributed by atoms with Crippen LogP contribution in [-0.4, -0.2) is 32.7 Å². The van der Waals surface area contributed by atoms with Gasteiger partial charge in [0.15, 0.2) is 6.61 Å². The predicted octanol–water partition coefficient (Wildman–Crippen LogP) is 2.23. The molecule has 0 bridgehead atoms. The van der Waals surface area contributed by atoms with Crippen LogP contribution in [0.25, 0.3) is 0 Å². The van der Waals surface area contributed by atoms with Crippen molar-refractivity contribution in [3.8, 4) is 5.75 Å². The molecule has 2 aromatic carbocycles. The number of aryl methyl sites for hydroxylation is 1. The number of hydrogen-bond donors (Lipinski definition) is 0. The van der Waals surface area contributed by atoms with E-state index in [-0.39, 0.29) is 19.1 Å². The van der Waals surface area contributed by atoms with Crippen molar-refractivity contribution in [3.63, 3.8) is 0 Å². The summed E-state index contributed by atoms with van der Waals surface area (Å²) in [5.74, 6) is 1.15. The van der Waals surface area contributed by atoms with Crippen molar-refractivity contribution in [2.45, 2.75) is 26.0 Å². The maximum atomic E-state index is 12.7. The van der Waals surface area contributed by atoms with E-state index >= 15 is 0 Å². The minimum absolute atomic E-state index is 0.0370. The Morgan fingerprint density at radius 2 is 1.88 bits per heavy atom. The van der Waals surface area contributed by atoms with E-state index < -0.39 is 0 Å². The lowest BCUT2D eigenvalue weighted by Crippen LogP contribution is -2.38. The van der Waals surface area contributed by atoms with Crippen LogP contribution in [-0.2, 0) is 24.4 Å². The van der Waals surface area contributed by atoms with Gasteiger partial charge in [0.25, 0.3) is 5.91 Å². The number of amides is 1. The summed E-state index contributed by atoms with van der Waals surface area (Å²) in [5, 5.41) is 12.2. The highest BCUT2D eigenvalue weighted by atomic mass is 16.5. The van der Waals surface area contributed by atoms with Crippen molar-refractivity contribution >= 4 is 11.6 Å². The highest BCUT2D eigenvalue weighted by Gasteiger charge is 2.23. The van der Waals surface area contributed by atoms with Crippen molar-refractivity contribution in [3.05, 3.63) is 66.0 Å². The maximum Gasteiger partial charge on any atom is 0.250 e. The number of anilines is 1. The number of rotatable bonds is 5. The zero-order valence-electron chi connectivity index (χ0n) is 14.3. The number of carbonyl (C=O) groups is 1. The second-order valence-electron chi connectivity index (χ2n) is 6.12. The van der Waals surface area contributed by atoms with Crippen LogP contribution in [0.15, 0.2) is 54.6 Å². The monoisotopic (exact) mass is 349 g/mol. The second-order valence-corrected chi connectivity index (χ2v) is 6.12. The lowest BCUT2D eigenvalue weighted by Gasteiger charge is -2.29. The van der Waals surface area contributed by atoms with Gasteiger partial charge in [-0.2, -0.15) is 4.80 Å². The Morgan fingerprint density at radius 3 is 2.77 bits per heavy atom. The minimum Gasteiger partial charge on any atom is -0.485 e. The van der Waals surface area contributed by atoms with Gasteiger partial charge < -0.3 is 9.64 Å². The Balaban J connectivity index is 1.39. The third-order valence-electron chi connectivity index (χ3n) is 4.29. The fraction of sp³-hybridized carbons (Fsp3) is 0.263. The lowest BCUT2D eigenvalue weighted by molar-refractivity contribution is -0.119. The molecule has 0 spiro atoms. The van der Waals surface area contributed by atoms with Crippen LogP contribution in [0.1, 0.15) is 17.8 Å². The summed E-state index contributed by atoms with van der Waals surface area (Å²) in [4.78, 5) is 15.8. The number of ether oxygens (including phenoxy) is 1. The third kappa shape index (κ3) is 3.56. The van der Waals surface area contributed by atoms with Gasteiger partial charge in [-0.1, -0.05) is 36.4 Å². The second kappa shape index (κ2) is 7.35. The molecule has 7 nitrogen and oxygen atoms in total. The van der Waals surface area contributed by atoms with Gasteiger partial charge in [-0.3, -0.25) is 4.79 Å². The van der Waals surface area contributed by atoms with Crippen LogP contribution in [0.2, 0.25) is 0 Å². The van der Waals surface area contributed by atoms with E-state index in [0.29, 0.717) is 12.4 Å². The zero-order chi connectivity index (χ0) is 17.8. The first-order chi connectivity index (χ1) is 12.8. The highest BCUT2D eigenvalue weighted by molar-refractivity contribution is 5.94. The predicted molar refractivity (Wildman–Crippen MR) is 95.7 cm³/mol. The molecule has 1 amide bonds. The molecule has 1 aliphatic heterocycles. The molecule has 0 aliphatic carbocycles. The third-order valence-corrected chi connectivity index (χ3v) is 4.29. The molecule has 1 aliphatic rings. The first kappa shape index (κ1) is 16.3. The van der Waals surface area contributed by atoms with E-state index in [1.807, 2.05) is 53.4 Å². The first-order valence-electron chi connectivity index (χ1n) is 8.62. The molecule has 1 aromatic heterocycles. The normalized spacial score (nSPS) is 13.3. The molecular weight excluding hydrogens is 330 g/mol. The van der Waals surface area contributed by atoms with Gasteiger partial charge in [-0.05, 0) is 41.8 Å². The van der Waals surface area contributed by atoms with Crippen LogP contribution in [0.5, 0.6) is 5.75 Å². The Labute approximate surface area is 151 Å². The molecule has 4 rings (SSSR count). The van der Waals surface area contributed by atoms with Crippen molar-refractivity contribution in [2.75, 3.05) is 11.4 Å². The molecule has 7 heteroatoms. The average molecular weight is 349 g/mol. The van der Waals surface area contributed by atoms with Crippen LogP contribution in [0.3, 0.4) is 0 Å². The Hall–Kier alpha value is -3.22.